The lowest BCUT2D eigenvalue weighted by atomic mass is 10.1. The van der Waals surface area contributed by atoms with Crippen LogP contribution in [0.15, 0.2) is 41.4 Å². The van der Waals surface area contributed by atoms with Crippen LogP contribution < -0.4 is 0 Å². The van der Waals surface area contributed by atoms with Gasteiger partial charge in [0.1, 0.15) is 4.90 Å². The molecule has 1 saturated heterocycles. The molecule has 1 aromatic heterocycles. The highest BCUT2D eigenvalue weighted by molar-refractivity contribution is 7.89. The highest BCUT2D eigenvalue weighted by Crippen LogP contribution is 2.23. The summed E-state index contributed by atoms with van der Waals surface area (Å²) in [6.07, 6.45) is 2.17. The average molecular weight is 335 g/mol. The fourth-order valence-electron chi connectivity index (χ4n) is 2.83. The van der Waals surface area contributed by atoms with Crippen molar-refractivity contribution < 1.29 is 13.5 Å². The molecule has 6 nitrogen and oxygen atoms in total. The topological polar surface area (TPSA) is 75.4 Å². The highest BCUT2D eigenvalue weighted by Gasteiger charge is 2.31. The minimum Gasteiger partial charge on any atom is -0.393 e. The molecule has 0 aliphatic carbocycles. The van der Waals surface area contributed by atoms with Crippen LogP contribution in [0.3, 0.4) is 0 Å². The SMILES string of the molecule is Cc1nn(Cc2ccccc2)cc1S(=O)(=O)N1CCC(O)CC1. The van der Waals surface area contributed by atoms with Crippen molar-refractivity contribution in [3.05, 3.63) is 47.8 Å². The van der Waals surface area contributed by atoms with Crippen LogP contribution in [0.25, 0.3) is 0 Å². The molecule has 0 saturated carbocycles. The molecule has 7 heteroatoms. The number of aromatic nitrogens is 2. The van der Waals surface area contributed by atoms with Gasteiger partial charge in [-0.15, -0.1) is 0 Å². The van der Waals surface area contributed by atoms with Crippen LogP contribution in [0, 0.1) is 6.92 Å². The van der Waals surface area contributed by atoms with E-state index in [9.17, 15) is 13.5 Å². The molecule has 0 bridgehead atoms. The van der Waals surface area contributed by atoms with Gasteiger partial charge in [0.05, 0.1) is 18.3 Å². The number of aliphatic hydroxyl groups excluding tert-OH is 1. The summed E-state index contributed by atoms with van der Waals surface area (Å²) in [5, 5.41) is 13.9. The predicted octanol–water partition coefficient (Wildman–Crippen LogP) is 1.39. The molecular formula is C16H21N3O3S. The monoisotopic (exact) mass is 335 g/mol. The van der Waals surface area contributed by atoms with Crippen molar-refractivity contribution in [1.82, 2.24) is 14.1 Å². The van der Waals surface area contributed by atoms with Crippen LogP contribution in [0.2, 0.25) is 0 Å². The second kappa shape index (κ2) is 6.43. The maximum Gasteiger partial charge on any atom is 0.246 e. The minimum atomic E-state index is -3.55. The number of rotatable bonds is 4. The number of aryl methyl sites for hydroxylation is 1. The van der Waals surface area contributed by atoms with Gasteiger partial charge >= 0.3 is 0 Å². The van der Waals surface area contributed by atoms with Crippen molar-refractivity contribution in [3.8, 4) is 0 Å². The predicted molar refractivity (Wildman–Crippen MR) is 86.5 cm³/mol. The lowest BCUT2D eigenvalue weighted by Gasteiger charge is -2.28. The maximum atomic E-state index is 12.8. The van der Waals surface area contributed by atoms with Crippen molar-refractivity contribution in [3.63, 3.8) is 0 Å². The third-order valence-corrected chi connectivity index (χ3v) is 6.13. The fourth-order valence-corrected chi connectivity index (χ4v) is 4.46. The van der Waals surface area contributed by atoms with Gasteiger partial charge in [-0.05, 0) is 25.3 Å². The van der Waals surface area contributed by atoms with Crippen LogP contribution in [-0.2, 0) is 16.6 Å². The zero-order chi connectivity index (χ0) is 16.4. The smallest absolute Gasteiger partial charge is 0.246 e. The summed E-state index contributed by atoms with van der Waals surface area (Å²) in [6.45, 7) is 2.96. The van der Waals surface area contributed by atoms with E-state index in [1.807, 2.05) is 30.3 Å². The molecule has 0 unspecified atom stereocenters. The first-order valence-corrected chi connectivity index (χ1v) is 9.17. The van der Waals surface area contributed by atoms with E-state index in [0.29, 0.717) is 38.2 Å². The molecule has 0 amide bonds. The van der Waals surface area contributed by atoms with E-state index < -0.39 is 16.1 Å². The van der Waals surface area contributed by atoms with Crippen LogP contribution in [0.1, 0.15) is 24.1 Å². The van der Waals surface area contributed by atoms with Crippen molar-refractivity contribution >= 4 is 10.0 Å². The first-order valence-electron chi connectivity index (χ1n) is 7.73. The lowest BCUT2D eigenvalue weighted by Crippen LogP contribution is -2.40. The summed E-state index contributed by atoms with van der Waals surface area (Å²) in [5.41, 5.74) is 1.58. The Hall–Kier alpha value is -1.70. The molecule has 23 heavy (non-hydrogen) atoms. The number of aliphatic hydroxyl groups is 1. The molecule has 1 N–H and O–H groups in total. The third-order valence-electron chi connectivity index (χ3n) is 4.13. The molecule has 2 heterocycles. The quantitative estimate of drug-likeness (QED) is 0.916. The number of hydrogen-bond acceptors (Lipinski definition) is 4. The van der Waals surface area contributed by atoms with Gasteiger partial charge in [-0.3, -0.25) is 4.68 Å². The number of hydrogen-bond donors (Lipinski definition) is 1. The Morgan fingerprint density at radius 3 is 2.52 bits per heavy atom. The average Bonchev–Trinajstić information content (AvgIpc) is 2.90. The highest BCUT2D eigenvalue weighted by atomic mass is 32.2. The number of nitrogens with zero attached hydrogens (tertiary/aromatic N) is 3. The Morgan fingerprint density at radius 2 is 1.87 bits per heavy atom. The van der Waals surface area contributed by atoms with Crippen molar-refractivity contribution in [2.75, 3.05) is 13.1 Å². The number of piperidine rings is 1. The van der Waals surface area contributed by atoms with Gasteiger partial charge in [0.25, 0.3) is 0 Å². The van der Waals surface area contributed by atoms with Gasteiger partial charge in [0.15, 0.2) is 0 Å². The largest absolute Gasteiger partial charge is 0.393 e. The zero-order valence-electron chi connectivity index (χ0n) is 13.1. The van der Waals surface area contributed by atoms with E-state index in [4.69, 9.17) is 0 Å². The van der Waals surface area contributed by atoms with Gasteiger partial charge in [-0.2, -0.15) is 9.40 Å². The Morgan fingerprint density at radius 1 is 1.22 bits per heavy atom. The van der Waals surface area contributed by atoms with Crippen LogP contribution in [0.5, 0.6) is 0 Å². The maximum absolute atomic E-state index is 12.8. The minimum absolute atomic E-state index is 0.254. The van der Waals surface area contributed by atoms with Gasteiger partial charge in [0, 0.05) is 19.3 Å². The van der Waals surface area contributed by atoms with Gasteiger partial charge in [0.2, 0.25) is 10.0 Å². The second-order valence-electron chi connectivity index (χ2n) is 5.90. The molecule has 2 aromatic rings. The Kier molecular flexibility index (Phi) is 4.52. The Bertz CT molecular complexity index is 763. The first kappa shape index (κ1) is 16.2. The molecule has 0 atom stereocenters. The van der Waals surface area contributed by atoms with E-state index in [-0.39, 0.29) is 4.90 Å². The Balaban J connectivity index is 1.82. The molecule has 1 fully saturated rings. The van der Waals surface area contributed by atoms with Crippen LogP contribution in [-0.4, -0.2) is 46.8 Å². The van der Waals surface area contributed by atoms with Gasteiger partial charge in [-0.25, -0.2) is 8.42 Å². The standard InChI is InChI=1S/C16H21N3O3S/c1-13-16(23(21,22)19-9-7-15(20)8-10-19)12-18(17-13)11-14-5-3-2-4-6-14/h2-6,12,15,20H,7-11H2,1H3. The van der Waals surface area contributed by atoms with Crippen molar-refractivity contribution in [1.29, 1.82) is 0 Å². The molecule has 0 radical (unpaired) electrons. The molecule has 1 aromatic carbocycles. The van der Waals surface area contributed by atoms with Crippen LogP contribution >= 0.6 is 0 Å². The lowest BCUT2D eigenvalue weighted by molar-refractivity contribution is 0.113. The summed E-state index contributed by atoms with van der Waals surface area (Å²) in [4.78, 5) is 0.254. The van der Waals surface area contributed by atoms with E-state index in [0.717, 1.165) is 5.56 Å². The molecule has 0 spiro atoms. The number of benzene rings is 1. The number of sulfonamides is 1. The third kappa shape index (κ3) is 3.46. The summed E-state index contributed by atoms with van der Waals surface area (Å²) in [6, 6.07) is 9.80. The van der Waals surface area contributed by atoms with E-state index in [1.165, 1.54) is 4.31 Å². The zero-order valence-corrected chi connectivity index (χ0v) is 13.9. The molecule has 124 valence electrons. The summed E-state index contributed by atoms with van der Waals surface area (Å²) in [5.74, 6) is 0. The normalized spacial score (nSPS) is 17.5. The van der Waals surface area contributed by atoms with Crippen molar-refractivity contribution in [2.24, 2.45) is 0 Å². The fraction of sp³-hybridized carbons (Fsp3) is 0.438. The Labute approximate surface area is 136 Å². The van der Waals surface area contributed by atoms with Gasteiger partial charge in [-0.1, -0.05) is 30.3 Å². The van der Waals surface area contributed by atoms with E-state index in [2.05, 4.69) is 5.10 Å². The van der Waals surface area contributed by atoms with Gasteiger partial charge < -0.3 is 5.11 Å². The van der Waals surface area contributed by atoms with Crippen molar-refractivity contribution in [2.45, 2.75) is 37.3 Å². The summed E-state index contributed by atoms with van der Waals surface area (Å²) in [7, 11) is -3.55. The van der Waals surface area contributed by atoms with E-state index in [1.54, 1.807) is 17.8 Å². The molecule has 1 aliphatic heterocycles. The summed E-state index contributed by atoms with van der Waals surface area (Å²) >= 11 is 0. The first-order chi connectivity index (χ1) is 11.0. The molecule has 1 aliphatic rings. The van der Waals surface area contributed by atoms with E-state index >= 15 is 0 Å². The second-order valence-corrected chi connectivity index (χ2v) is 7.80. The molecular weight excluding hydrogens is 314 g/mol. The summed E-state index contributed by atoms with van der Waals surface area (Å²) < 4.78 is 28.6. The van der Waals surface area contributed by atoms with Crippen LogP contribution in [0.4, 0.5) is 0 Å². The molecule has 3 rings (SSSR count).